The van der Waals surface area contributed by atoms with Gasteiger partial charge in [0.2, 0.25) is 0 Å². The maximum atomic E-state index is 3.86. The molecule has 188 valence electrons. The van der Waals surface area contributed by atoms with Crippen molar-refractivity contribution in [1.29, 1.82) is 0 Å². The minimum absolute atomic E-state index is 0.0868. The zero-order chi connectivity index (χ0) is 26.5. The average molecular weight is 494 g/mol. The second kappa shape index (κ2) is 9.03. The van der Waals surface area contributed by atoms with E-state index in [9.17, 15) is 0 Å². The summed E-state index contributed by atoms with van der Waals surface area (Å²) < 4.78 is 0. The van der Waals surface area contributed by atoms with Crippen LogP contribution in [0, 0.1) is 0 Å². The van der Waals surface area contributed by atoms with Crippen molar-refractivity contribution >= 4 is 11.4 Å². The predicted molar refractivity (Wildman–Crippen MR) is 163 cm³/mol. The molecular weight excluding hydrogens is 458 g/mol. The van der Waals surface area contributed by atoms with Gasteiger partial charge in [-0.2, -0.15) is 0 Å². The van der Waals surface area contributed by atoms with Crippen LogP contribution in [0.3, 0.4) is 0 Å². The van der Waals surface area contributed by atoms with Crippen LogP contribution in [0.5, 0.6) is 0 Å². The Labute approximate surface area is 227 Å². The summed E-state index contributed by atoms with van der Waals surface area (Å²) in [5.41, 5.74) is 14.0. The smallest absolute Gasteiger partial charge is 0.0473 e. The first-order valence-corrected chi connectivity index (χ1v) is 13.5. The van der Waals surface area contributed by atoms with Gasteiger partial charge < -0.3 is 5.32 Å². The topological polar surface area (TPSA) is 12.0 Å². The summed E-state index contributed by atoms with van der Waals surface area (Å²) in [7, 11) is 0. The molecule has 1 aliphatic rings. The molecular formula is C37H35N. The van der Waals surface area contributed by atoms with Gasteiger partial charge in [0.15, 0.2) is 0 Å². The summed E-state index contributed by atoms with van der Waals surface area (Å²) >= 11 is 0. The molecule has 5 aromatic rings. The number of nitrogens with one attached hydrogen (secondary N) is 1. The first-order valence-electron chi connectivity index (χ1n) is 13.5. The van der Waals surface area contributed by atoms with Crippen LogP contribution in [0.2, 0.25) is 0 Å². The Balaban J connectivity index is 1.55. The summed E-state index contributed by atoms with van der Waals surface area (Å²) in [6.45, 7) is 11.6. The third-order valence-corrected chi connectivity index (χ3v) is 8.00. The van der Waals surface area contributed by atoms with Crippen molar-refractivity contribution in [3.8, 4) is 33.4 Å². The number of anilines is 2. The molecule has 0 aliphatic heterocycles. The fourth-order valence-electron chi connectivity index (χ4n) is 5.79. The predicted octanol–water partition coefficient (Wildman–Crippen LogP) is 10.4. The van der Waals surface area contributed by atoms with E-state index in [2.05, 4.69) is 155 Å². The molecule has 0 aromatic heterocycles. The monoisotopic (exact) mass is 493 g/mol. The van der Waals surface area contributed by atoms with Crippen LogP contribution in [0.1, 0.15) is 51.3 Å². The van der Waals surface area contributed by atoms with Crippen molar-refractivity contribution in [2.45, 2.75) is 45.4 Å². The molecule has 1 nitrogen and oxygen atoms in total. The summed E-state index contributed by atoms with van der Waals surface area (Å²) in [5, 5.41) is 3.86. The number of rotatable bonds is 4. The van der Waals surface area contributed by atoms with Crippen LogP contribution in [0.4, 0.5) is 11.4 Å². The third-order valence-electron chi connectivity index (χ3n) is 8.00. The van der Waals surface area contributed by atoms with E-state index in [-0.39, 0.29) is 10.8 Å². The van der Waals surface area contributed by atoms with E-state index in [1.54, 1.807) is 0 Å². The van der Waals surface area contributed by atoms with Crippen molar-refractivity contribution in [2.75, 3.05) is 5.32 Å². The molecule has 1 heteroatoms. The second-order valence-corrected chi connectivity index (χ2v) is 12.0. The fourth-order valence-corrected chi connectivity index (χ4v) is 5.79. The lowest BCUT2D eigenvalue weighted by atomic mass is 9.80. The minimum atomic E-state index is -0.0891. The van der Waals surface area contributed by atoms with Crippen LogP contribution in [-0.4, -0.2) is 0 Å². The standard InChI is InChI=1S/C37H35N/c1-36(2,3)29-19-20-32-31(24-29)35-33(37(32,4)5)22-28(26-15-10-7-11-16-26)23-34(35)38-30-18-12-17-27(21-30)25-13-8-6-9-14-25/h6-24,38H,1-5H3. The summed E-state index contributed by atoms with van der Waals surface area (Å²) in [5.74, 6) is 0. The number of hydrogen-bond donors (Lipinski definition) is 1. The molecule has 0 fully saturated rings. The Morgan fingerprint density at radius 2 is 1.18 bits per heavy atom. The maximum Gasteiger partial charge on any atom is 0.0473 e. The van der Waals surface area contributed by atoms with Crippen molar-refractivity contribution < 1.29 is 0 Å². The van der Waals surface area contributed by atoms with Crippen molar-refractivity contribution in [2.24, 2.45) is 0 Å². The Hall–Kier alpha value is -4.10. The van der Waals surface area contributed by atoms with Crippen LogP contribution < -0.4 is 5.32 Å². The molecule has 5 aromatic carbocycles. The van der Waals surface area contributed by atoms with Crippen molar-refractivity contribution in [1.82, 2.24) is 0 Å². The largest absolute Gasteiger partial charge is 0.355 e. The zero-order valence-electron chi connectivity index (χ0n) is 23.0. The number of hydrogen-bond acceptors (Lipinski definition) is 1. The van der Waals surface area contributed by atoms with E-state index in [1.165, 1.54) is 50.1 Å². The highest BCUT2D eigenvalue weighted by atomic mass is 14.9. The molecule has 1 N–H and O–H groups in total. The Morgan fingerprint density at radius 1 is 0.553 bits per heavy atom. The molecule has 0 bridgehead atoms. The van der Waals surface area contributed by atoms with Crippen LogP contribution in [-0.2, 0) is 10.8 Å². The summed E-state index contributed by atoms with van der Waals surface area (Å²) in [6.07, 6.45) is 0. The fraction of sp³-hybridized carbons (Fsp3) is 0.189. The van der Waals surface area contributed by atoms with E-state index in [1.807, 2.05) is 0 Å². The molecule has 6 rings (SSSR count). The second-order valence-electron chi connectivity index (χ2n) is 12.0. The van der Waals surface area contributed by atoms with Gasteiger partial charge in [0.05, 0.1) is 0 Å². The highest BCUT2D eigenvalue weighted by Crippen LogP contribution is 2.54. The van der Waals surface area contributed by atoms with Gasteiger partial charge >= 0.3 is 0 Å². The van der Waals surface area contributed by atoms with Crippen LogP contribution in [0.25, 0.3) is 33.4 Å². The van der Waals surface area contributed by atoms with Crippen LogP contribution in [0.15, 0.2) is 115 Å². The van der Waals surface area contributed by atoms with Gasteiger partial charge in [-0.05, 0) is 74.2 Å². The average Bonchev–Trinajstić information content (AvgIpc) is 3.15. The lowest BCUT2D eigenvalue weighted by Gasteiger charge is -2.24. The summed E-state index contributed by atoms with van der Waals surface area (Å²) in [4.78, 5) is 0. The van der Waals surface area contributed by atoms with E-state index in [0.717, 1.165) is 11.4 Å². The molecule has 38 heavy (non-hydrogen) atoms. The van der Waals surface area contributed by atoms with E-state index < -0.39 is 0 Å². The molecule has 0 atom stereocenters. The highest BCUT2D eigenvalue weighted by molar-refractivity contribution is 5.94. The Kier molecular flexibility index (Phi) is 5.76. The van der Waals surface area contributed by atoms with Gasteiger partial charge in [-0.3, -0.25) is 0 Å². The van der Waals surface area contributed by atoms with E-state index in [4.69, 9.17) is 0 Å². The Bertz CT molecular complexity index is 1620. The van der Waals surface area contributed by atoms with Gasteiger partial charge in [-0.1, -0.05) is 126 Å². The SMILES string of the molecule is CC(C)(C)c1ccc2c(c1)-c1c(Nc3cccc(-c4ccccc4)c3)cc(-c3ccccc3)cc1C2(C)C. The highest BCUT2D eigenvalue weighted by Gasteiger charge is 2.38. The molecule has 0 amide bonds. The van der Waals surface area contributed by atoms with Gasteiger partial charge in [-0.15, -0.1) is 0 Å². The normalized spacial score (nSPS) is 13.6. The third kappa shape index (κ3) is 4.23. The number of fused-ring (bicyclic) bond motifs is 3. The van der Waals surface area contributed by atoms with Crippen molar-refractivity contribution in [3.05, 3.63) is 132 Å². The van der Waals surface area contributed by atoms with Gasteiger partial charge in [0.1, 0.15) is 0 Å². The maximum absolute atomic E-state index is 3.86. The molecule has 0 spiro atoms. The number of benzene rings is 5. The van der Waals surface area contributed by atoms with Gasteiger partial charge in [0, 0.05) is 22.4 Å². The molecule has 0 heterocycles. The molecule has 0 unspecified atom stereocenters. The van der Waals surface area contributed by atoms with Crippen molar-refractivity contribution in [3.63, 3.8) is 0 Å². The molecule has 1 aliphatic carbocycles. The quantitative estimate of drug-likeness (QED) is 0.262. The minimum Gasteiger partial charge on any atom is -0.355 e. The Morgan fingerprint density at radius 3 is 1.84 bits per heavy atom. The van der Waals surface area contributed by atoms with E-state index in [0.29, 0.717) is 0 Å². The lowest BCUT2D eigenvalue weighted by Crippen LogP contribution is -2.16. The molecule has 0 radical (unpaired) electrons. The zero-order valence-corrected chi connectivity index (χ0v) is 23.0. The first kappa shape index (κ1) is 24.2. The first-order chi connectivity index (χ1) is 18.2. The lowest BCUT2D eigenvalue weighted by molar-refractivity contribution is 0.589. The van der Waals surface area contributed by atoms with Gasteiger partial charge in [0.25, 0.3) is 0 Å². The molecule has 0 saturated carbocycles. The van der Waals surface area contributed by atoms with Gasteiger partial charge in [-0.25, -0.2) is 0 Å². The van der Waals surface area contributed by atoms with Crippen LogP contribution >= 0.6 is 0 Å². The molecule has 0 saturated heterocycles. The summed E-state index contributed by atoms with van der Waals surface area (Å²) in [6, 6.07) is 41.9. The van der Waals surface area contributed by atoms with E-state index >= 15 is 0 Å².